The van der Waals surface area contributed by atoms with E-state index in [0.717, 1.165) is 10.6 Å². The van der Waals surface area contributed by atoms with E-state index < -0.39 is 50.7 Å². The number of aromatic amines is 1. The molecule has 132 valence electrons. The summed E-state index contributed by atoms with van der Waals surface area (Å²) in [6.07, 6.45) is -2.33. The monoisotopic (exact) mass is 354 g/mol. The quantitative estimate of drug-likeness (QED) is 0.441. The first-order chi connectivity index (χ1) is 10.8. The molecule has 0 radical (unpaired) electrons. The van der Waals surface area contributed by atoms with Gasteiger partial charge in [-0.2, -0.15) is 0 Å². The van der Waals surface area contributed by atoms with Crippen molar-refractivity contribution in [3.8, 4) is 0 Å². The fourth-order valence-electron chi connectivity index (χ4n) is 1.98. The number of aromatic nitrogens is 2. The molecule has 1 aromatic heterocycles. The van der Waals surface area contributed by atoms with Crippen molar-refractivity contribution in [3.05, 3.63) is 33.1 Å². The fourth-order valence-corrected chi connectivity index (χ4v) is 1.98. The van der Waals surface area contributed by atoms with Gasteiger partial charge in [0.15, 0.2) is 6.23 Å². The van der Waals surface area contributed by atoms with Crippen LogP contribution >= 0.6 is 8.25 Å². The van der Waals surface area contributed by atoms with E-state index in [4.69, 9.17) is 19.5 Å². The largest absolute Gasteiger partial charge is 0.394 e. The molecule has 1 saturated heterocycles. The Bertz CT molecular complexity index is 630. The van der Waals surface area contributed by atoms with Gasteiger partial charge in [-0.25, -0.2) is 4.79 Å². The zero-order valence-electron chi connectivity index (χ0n) is 12.4. The number of rotatable bonds is 4. The van der Waals surface area contributed by atoms with E-state index >= 15 is 0 Å². The number of H-pyrrole nitrogens is 1. The van der Waals surface area contributed by atoms with E-state index in [-0.39, 0.29) is 0 Å². The molecule has 23 heavy (non-hydrogen) atoms. The lowest BCUT2D eigenvalue weighted by molar-refractivity contribution is -0.0625. The summed E-state index contributed by atoms with van der Waals surface area (Å²) in [5, 5.41) is 18.9. The lowest BCUT2D eigenvalue weighted by atomic mass is 10.1. The Morgan fingerprint density at radius 1 is 1.43 bits per heavy atom. The zero-order chi connectivity index (χ0) is 17.6. The highest BCUT2D eigenvalue weighted by molar-refractivity contribution is 7.32. The van der Waals surface area contributed by atoms with Gasteiger partial charge in [-0.15, -0.1) is 0 Å². The van der Waals surface area contributed by atoms with Gasteiger partial charge in [0.05, 0.1) is 6.61 Å². The lowest BCUT2D eigenvalue weighted by Crippen LogP contribution is -2.38. The van der Waals surface area contributed by atoms with Crippen molar-refractivity contribution < 1.29 is 33.7 Å². The number of hydrogen-bond donors (Lipinski definition) is 4. The standard InChI is InChI=1S/C10H14N2O6.CH5O3P/c1-17-8-7(15)5(4-13)18-9(8)12-3-2-6(14)11-10(12)16;1-4-5(2)3/h2-3,5,7-9,13,15H,4H2,1H3,(H,11,14,16);5H,1H3,(H,2,3)/t5-,7-,8-,9-;/m1./s1. The summed E-state index contributed by atoms with van der Waals surface area (Å²) in [7, 11) is -0.0803. The van der Waals surface area contributed by atoms with E-state index in [2.05, 4.69) is 9.51 Å². The Morgan fingerprint density at radius 2 is 2.04 bits per heavy atom. The van der Waals surface area contributed by atoms with Crippen molar-refractivity contribution in [1.82, 2.24) is 9.55 Å². The predicted molar refractivity (Wildman–Crippen MR) is 77.4 cm³/mol. The van der Waals surface area contributed by atoms with Crippen molar-refractivity contribution in [1.29, 1.82) is 0 Å². The highest BCUT2D eigenvalue weighted by Crippen LogP contribution is 2.29. The van der Waals surface area contributed by atoms with Crippen molar-refractivity contribution >= 4 is 8.25 Å². The van der Waals surface area contributed by atoms with Gasteiger partial charge in [0, 0.05) is 26.5 Å². The van der Waals surface area contributed by atoms with E-state index in [1.54, 1.807) is 0 Å². The maximum absolute atomic E-state index is 11.6. The third-order valence-electron chi connectivity index (χ3n) is 3.06. The number of hydrogen-bond acceptors (Lipinski definition) is 8. The van der Waals surface area contributed by atoms with Gasteiger partial charge in [0.25, 0.3) is 5.56 Å². The minimum absolute atomic E-state index is 0.393. The molecule has 1 aliphatic heterocycles. The third kappa shape index (κ3) is 5.08. The topological polar surface area (TPSA) is 160 Å². The number of aliphatic hydroxyl groups excluding tert-OH is 2. The average molecular weight is 354 g/mol. The first-order valence-corrected chi connectivity index (χ1v) is 7.67. The summed E-state index contributed by atoms with van der Waals surface area (Å²) in [5.74, 6) is 0. The molecule has 11 nitrogen and oxygen atoms in total. The normalized spacial score (nSPS) is 28.0. The molecule has 0 saturated carbocycles. The van der Waals surface area contributed by atoms with Crippen LogP contribution in [0.15, 0.2) is 21.9 Å². The summed E-state index contributed by atoms with van der Waals surface area (Å²) in [6, 6.07) is 1.16. The first kappa shape index (κ1) is 19.7. The molecule has 2 rings (SSSR count). The second-order valence-corrected chi connectivity index (χ2v) is 5.37. The van der Waals surface area contributed by atoms with Crippen molar-refractivity contribution in [2.75, 3.05) is 20.8 Å². The molecule has 2 heterocycles. The van der Waals surface area contributed by atoms with E-state index in [1.807, 2.05) is 0 Å². The van der Waals surface area contributed by atoms with Gasteiger partial charge in [0.2, 0.25) is 0 Å². The first-order valence-electron chi connectivity index (χ1n) is 6.41. The molecule has 12 heteroatoms. The SMILES string of the molecule is CO[C@@H]1[C@H](O)[C@@H](CO)O[C@H]1n1ccc(=O)[nH]c1=O.CO[PH](=O)O. The van der Waals surface area contributed by atoms with Crippen molar-refractivity contribution in [3.63, 3.8) is 0 Å². The molecular formula is C11H19N2O9P. The van der Waals surface area contributed by atoms with Gasteiger partial charge in [-0.3, -0.25) is 18.9 Å². The van der Waals surface area contributed by atoms with Gasteiger partial charge >= 0.3 is 13.9 Å². The van der Waals surface area contributed by atoms with Crippen LogP contribution in [0.4, 0.5) is 0 Å². The summed E-state index contributed by atoms with van der Waals surface area (Å²) in [6.45, 7) is -0.393. The van der Waals surface area contributed by atoms with Gasteiger partial charge in [-0.1, -0.05) is 0 Å². The Balaban J connectivity index is 0.000000463. The molecule has 1 fully saturated rings. The van der Waals surface area contributed by atoms with Gasteiger partial charge in [0.1, 0.15) is 18.3 Å². The number of aliphatic hydroxyl groups is 2. The average Bonchev–Trinajstić information content (AvgIpc) is 2.83. The lowest BCUT2D eigenvalue weighted by Gasteiger charge is -2.19. The van der Waals surface area contributed by atoms with Crippen LogP contribution in [-0.4, -0.2) is 63.8 Å². The molecule has 4 N–H and O–H groups in total. The highest BCUT2D eigenvalue weighted by Gasteiger charge is 2.45. The summed E-state index contributed by atoms with van der Waals surface area (Å²) >= 11 is 0. The summed E-state index contributed by atoms with van der Waals surface area (Å²) in [5.41, 5.74) is -1.19. The Labute approximate surface area is 131 Å². The van der Waals surface area contributed by atoms with Crippen LogP contribution in [0, 0.1) is 0 Å². The third-order valence-corrected chi connectivity index (χ3v) is 3.41. The minimum Gasteiger partial charge on any atom is -0.394 e. The van der Waals surface area contributed by atoms with Crippen LogP contribution in [0.1, 0.15) is 6.23 Å². The molecule has 0 amide bonds. The summed E-state index contributed by atoms with van der Waals surface area (Å²) < 4.78 is 24.7. The second-order valence-electron chi connectivity index (χ2n) is 4.43. The Kier molecular flexibility index (Phi) is 7.79. The van der Waals surface area contributed by atoms with Crippen LogP contribution in [0.2, 0.25) is 0 Å². The number of nitrogens with zero attached hydrogens (tertiary/aromatic N) is 1. The van der Waals surface area contributed by atoms with Crippen LogP contribution in [0.3, 0.4) is 0 Å². The van der Waals surface area contributed by atoms with Gasteiger partial charge in [-0.05, 0) is 0 Å². The number of nitrogens with one attached hydrogen (secondary N) is 1. The second kappa shape index (κ2) is 9.08. The molecule has 5 atom stereocenters. The van der Waals surface area contributed by atoms with E-state index in [9.17, 15) is 19.3 Å². The molecule has 1 aromatic rings. The van der Waals surface area contributed by atoms with Crippen LogP contribution in [0.25, 0.3) is 0 Å². The Morgan fingerprint density at radius 3 is 2.48 bits per heavy atom. The molecule has 0 bridgehead atoms. The van der Waals surface area contributed by atoms with Crippen molar-refractivity contribution in [2.24, 2.45) is 0 Å². The van der Waals surface area contributed by atoms with E-state index in [0.29, 0.717) is 0 Å². The Hall–Kier alpha value is -1.33. The van der Waals surface area contributed by atoms with E-state index in [1.165, 1.54) is 20.4 Å². The zero-order valence-corrected chi connectivity index (χ0v) is 13.4. The summed E-state index contributed by atoms with van der Waals surface area (Å²) in [4.78, 5) is 32.3. The fraction of sp³-hybridized carbons (Fsp3) is 0.636. The minimum atomic E-state index is -2.62. The number of ether oxygens (including phenoxy) is 2. The maximum atomic E-state index is 11.6. The molecular weight excluding hydrogens is 335 g/mol. The molecule has 0 spiro atoms. The van der Waals surface area contributed by atoms with Crippen LogP contribution in [-0.2, 0) is 18.6 Å². The molecule has 1 unspecified atom stereocenters. The van der Waals surface area contributed by atoms with Gasteiger partial charge < -0.3 is 29.1 Å². The molecule has 0 aliphatic carbocycles. The van der Waals surface area contributed by atoms with Crippen LogP contribution in [0.5, 0.6) is 0 Å². The highest BCUT2D eigenvalue weighted by atomic mass is 31.1. The maximum Gasteiger partial charge on any atom is 0.330 e. The molecule has 1 aliphatic rings. The molecule has 0 aromatic carbocycles. The number of methoxy groups -OCH3 is 1. The smallest absolute Gasteiger partial charge is 0.330 e. The predicted octanol–water partition coefficient (Wildman–Crippen LogP) is -2.18. The van der Waals surface area contributed by atoms with Crippen molar-refractivity contribution in [2.45, 2.75) is 24.5 Å². The van der Waals surface area contributed by atoms with Crippen LogP contribution < -0.4 is 11.2 Å².